The second-order valence-corrected chi connectivity index (χ2v) is 5.34. The highest BCUT2D eigenvalue weighted by Gasteiger charge is 2.25. The average Bonchev–Trinajstić information content (AvgIpc) is 2.42. The van der Waals surface area contributed by atoms with Crippen LogP contribution in [-0.4, -0.2) is 36.2 Å². The van der Waals surface area contributed by atoms with Crippen molar-refractivity contribution in [2.75, 3.05) is 13.2 Å². The zero-order valence-electron chi connectivity index (χ0n) is 11.9. The van der Waals surface area contributed by atoms with Gasteiger partial charge < -0.3 is 15.2 Å². The zero-order chi connectivity index (χ0) is 14.3. The van der Waals surface area contributed by atoms with Crippen LogP contribution in [-0.2, 0) is 14.3 Å². The average molecular weight is 271 g/mol. The summed E-state index contributed by atoms with van der Waals surface area (Å²) in [6.07, 6.45) is 6.30. The SMILES string of the molecule is CC(C(=O)O)C(C)C(=O)NCCOC1CCCCC1. The van der Waals surface area contributed by atoms with Gasteiger partial charge in [-0.05, 0) is 12.8 Å². The molecule has 0 radical (unpaired) electrons. The lowest BCUT2D eigenvalue weighted by Crippen LogP contribution is -2.37. The minimum Gasteiger partial charge on any atom is -0.481 e. The van der Waals surface area contributed by atoms with Crippen molar-refractivity contribution < 1.29 is 19.4 Å². The molecule has 2 unspecified atom stereocenters. The summed E-state index contributed by atoms with van der Waals surface area (Å²) in [6, 6.07) is 0. The molecule has 1 rings (SSSR count). The summed E-state index contributed by atoms with van der Waals surface area (Å²) in [5.41, 5.74) is 0. The Morgan fingerprint density at radius 2 is 1.84 bits per heavy atom. The summed E-state index contributed by atoms with van der Waals surface area (Å²) in [7, 11) is 0. The predicted molar refractivity (Wildman–Crippen MR) is 71.8 cm³/mol. The lowest BCUT2D eigenvalue weighted by atomic mass is 9.95. The van der Waals surface area contributed by atoms with Crippen LogP contribution in [0.15, 0.2) is 0 Å². The van der Waals surface area contributed by atoms with Gasteiger partial charge in [0.15, 0.2) is 0 Å². The monoisotopic (exact) mass is 271 g/mol. The highest BCUT2D eigenvalue weighted by atomic mass is 16.5. The highest BCUT2D eigenvalue weighted by molar-refractivity contribution is 5.84. The number of hydrogen-bond acceptors (Lipinski definition) is 3. The first-order chi connectivity index (χ1) is 9.02. The summed E-state index contributed by atoms with van der Waals surface area (Å²) in [4.78, 5) is 22.5. The Bertz CT molecular complexity index is 300. The minimum absolute atomic E-state index is 0.220. The van der Waals surface area contributed by atoms with E-state index in [4.69, 9.17) is 9.84 Å². The quantitative estimate of drug-likeness (QED) is 0.692. The summed E-state index contributed by atoms with van der Waals surface area (Å²) in [6.45, 7) is 4.14. The molecule has 2 atom stereocenters. The van der Waals surface area contributed by atoms with Gasteiger partial charge in [0.2, 0.25) is 5.91 Å². The minimum atomic E-state index is -0.943. The number of amides is 1. The summed E-state index contributed by atoms with van der Waals surface area (Å²) in [5.74, 6) is -2.35. The lowest BCUT2D eigenvalue weighted by Gasteiger charge is -2.22. The molecule has 2 N–H and O–H groups in total. The number of carboxylic acid groups (broad SMARTS) is 1. The zero-order valence-corrected chi connectivity index (χ0v) is 11.9. The molecule has 1 saturated carbocycles. The van der Waals surface area contributed by atoms with E-state index in [1.165, 1.54) is 19.3 Å². The van der Waals surface area contributed by atoms with Gasteiger partial charge >= 0.3 is 5.97 Å². The molecule has 0 aromatic rings. The molecule has 0 bridgehead atoms. The van der Waals surface area contributed by atoms with Gasteiger partial charge in [-0.15, -0.1) is 0 Å². The van der Waals surface area contributed by atoms with Crippen molar-refractivity contribution in [3.8, 4) is 0 Å². The maximum absolute atomic E-state index is 11.7. The molecule has 1 aliphatic carbocycles. The van der Waals surface area contributed by atoms with Crippen LogP contribution in [0.3, 0.4) is 0 Å². The Morgan fingerprint density at radius 3 is 2.42 bits per heavy atom. The third-order valence-electron chi connectivity index (χ3n) is 3.86. The number of carbonyl (C=O) groups is 2. The first-order valence-corrected chi connectivity index (χ1v) is 7.14. The Kier molecular flexibility index (Phi) is 6.84. The van der Waals surface area contributed by atoms with E-state index < -0.39 is 17.8 Å². The van der Waals surface area contributed by atoms with Gasteiger partial charge in [-0.3, -0.25) is 9.59 Å². The first kappa shape index (κ1) is 16.0. The number of ether oxygens (including phenoxy) is 1. The molecular formula is C14H25NO4. The molecule has 1 amide bonds. The third kappa shape index (κ3) is 5.59. The van der Waals surface area contributed by atoms with Crippen LogP contribution in [0.1, 0.15) is 46.0 Å². The molecular weight excluding hydrogens is 246 g/mol. The van der Waals surface area contributed by atoms with Gasteiger partial charge in [-0.25, -0.2) is 0 Å². The van der Waals surface area contributed by atoms with Crippen LogP contribution in [0.25, 0.3) is 0 Å². The number of aliphatic carboxylic acids is 1. The summed E-state index contributed by atoms with van der Waals surface area (Å²) in [5, 5.41) is 11.6. The van der Waals surface area contributed by atoms with E-state index in [1.807, 2.05) is 0 Å². The maximum Gasteiger partial charge on any atom is 0.307 e. The molecule has 0 aromatic carbocycles. The second-order valence-electron chi connectivity index (χ2n) is 5.34. The van der Waals surface area contributed by atoms with Crippen molar-refractivity contribution in [2.45, 2.75) is 52.1 Å². The predicted octanol–water partition coefficient (Wildman–Crippen LogP) is 1.81. The molecule has 19 heavy (non-hydrogen) atoms. The van der Waals surface area contributed by atoms with Crippen molar-refractivity contribution in [3.05, 3.63) is 0 Å². The number of nitrogens with one attached hydrogen (secondary N) is 1. The van der Waals surface area contributed by atoms with Gasteiger partial charge in [0.05, 0.1) is 18.6 Å². The second kappa shape index (κ2) is 8.15. The molecule has 0 aromatic heterocycles. The number of rotatable bonds is 7. The fourth-order valence-corrected chi connectivity index (χ4v) is 2.23. The van der Waals surface area contributed by atoms with E-state index in [0.717, 1.165) is 12.8 Å². The fourth-order valence-electron chi connectivity index (χ4n) is 2.23. The van der Waals surface area contributed by atoms with Crippen molar-refractivity contribution in [1.29, 1.82) is 0 Å². The largest absolute Gasteiger partial charge is 0.481 e. The van der Waals surface area contributed by atoms with E-state index in [2.05, 4.69) is 5.32 Å². The van der Waals surface area contributed by atoms with Crippen LogP contribution in [0, 0.1) is 11.8 Å². The first-order valence-electron chi connectivity index (χ1n) is 7.14. The van der Waals surface area contributed by atoms with Crippen LogP contribution in [0.2, 0.25) is 0 Å². The lowest BCUT2D eigenvalue weighted by molar-refractivity contribution is -0.146. The summed E-state index contributed by atoms with van der Waals surface area (Å²) < 4.78 is 5.69. The van der Waals surface area contributed by atoms with Crippen LogP contribution in [0.4, 0.5) is 0 Å². The van der Waals surface area contributed by atoms with Gasteiger partial charge in [-0.1, -0.05) is 33.1 Å². The van der Waals surface area contributed by atoms with Gasteiger partial charge in [0, 0.05) is 12.5 Å². The van der Waals surface area contributed by atoms with Crippen LogP contribution in [0.5, 0.6) is 0 Å². The fraction of sp³-hybridized carbons (Fsp3) is 0.857. The molecule has 110 valence electrons. The molecule has 5 nitrogen and oxygen atoms in total. The van der Waals surface area contributed by atoms with Crippen molar-refractivity contribution >= 4 is 11.9 Å². The van der Waals surface area contributed by atoms with E-state index >= 15 is 0 Å². The molecule has 0 aliphatic heterocycles. The Balaban J connectivity index is 2.14. The molecule has 1 fully saturated rings. The Hall–Kier alpha value is -1.10. The highest BCUT2D eigenvalue weighted by Crippen LogP contribution is 2.19. The van der Waals surface area contributed by atoms with Crippen LogP contribution < -0.4 is 5.32 Å². The normalized spacial score (nSPS) is 19.7. The van der Waals surface area contributed by atoms with E-state index in [1.54, 1.807) is 13.8 Å². The van der Waals surface area contributed by atoms with Crippen LogP contribution >= 0.6 is 0 Å². The Morgan fingerprint density at radius 1 is 1.21 bits per heavy atom. The number of carbonyl (C=O) groups excluding carboxylic acids is 1. The smallest absolute Gasteiger partial charge is 0.307 e. The number of carboxylic acids is 1. The van der Waals surface area contributed by atoms with E-state index in [0.29, 0.717) is 19.3 Å². The Labute approximate surface area is 114 Å². The number of hydrogen-bond donors (Lipinski definition) is 2. The summed E-state index contributed by atoms with van der Waals surface area (Å²) >= 11 is 0. The topological polar surface area (TPSA) is 75.6 Å². The maximum atomic E-state index is 11.7. The van der Waals surface area contributed by atoms with Gasteiger partial charge in [0.25, 0.3) is 0 Å². The third-order valence-corrected chi connectivity index (χ3v) is 3.86. The molecule has 0 heterocycles. The van der Waals surface area contributed by atoms with Crippen molar-refractivity contribution in [2.24, 2.45) is 11.8 Å². The van der Waals surface area contributed by atoms with Gasteiger partial charge in [-0.2, -0.15) is 0 Å². The van der Waals surface area contributed by atoms with Crippen molar-refractivity contribution in [1.82, 2.24) is 5.32 Å². The van der Waals surface area contributed by atoms with Gasteiger partial charge in [0.1, 0.15) is 0 Å². The van der Waals surface area contributed by atoms with E-state index in [-0.39, 0.29) is 5.91 Å². The molecule has 5 heteroatoms. The molecule has 0 saturated heterocycles. The molecule has 1 aliphatic rings. The molecule has 0 spiro atoms. The van der Waals surface area contributed by atoms with E-state index in [9.17, 15) is 9.59 Å². The van der Waals surface area contributed by atoms with Crippen molar-refractivity contribution in [3.63, 3.8) is 0 Å². The standard InChI is InChI=1S/C14H25NO4/c1-10(11(2)14(17)18)13(16)15-8-9-19-12-6-4-3-5-7-12/h10-12H,3-9H2,1-2H3,(H,15,16)(H,17,18).